The molecule has 0 spiro atoms. The number of carbonyl (C=O) groups is 1. The Morgan fingerprint density at radius 1 is 1.23 bits per heavy atom. The Morgan fingerprint density at radius 3 is 2.58 bits per heavy atom. The number of ether oxygens (including phenoxy) is 1. The minimum atomic E-state index is -3.53. The number of aryl methyl sites for hydroxylation is 1. The number of sulfonamides is 1. The molecule has 3 rings (SSSR count). The average Bonchev–Trinajstić information content (AvgIpc) is 3.10. The molecular weight excluding hydrogens is 372 g/mol. The molecule has 1 unspecified atom stereocenters. The Kier molecular flexibility index (Phi) is 5.64. The average molecular weight is 395 g/mol. The molecule has 1 atom stereocenters. The highest BCUT2D eigenvalue weighted by Gasteiger charge is 2.34. The van der Waals surface area contributed by atoms with Gasteiger partial charge in [0.05, 0.1) is 13.0 Å². The molecule has 0 radical (unpaired) electrons. The van der Waals surface area contributed by atoms with Gasteiger partial charge in [0.1, 0.15) is 9.96 Å². The summed E-state index contributed by atoms with van der Waals surface area (Å²) in [4.78, 5) is 13.5. The molecule has 2 heterocycles. The van der Waals surface area contributed by atoms with E-state index < -0.39 is 10.0 Å². The zero-order valence-corrected chi connectivity index (χ0v) is 16.4. The van der Waals surface area contributed by atoms with Crippen LogP contribution in [0.5, 0.6) is 5.75 Å². The number of nitrogens with one attached hydrogen (secondary N) is 1. The lowest BCUT2D eigenvalue weighted by Gasteiger charge is -2.30. The van der Waals surface area contributed by atoms with Gasteiger partial charge < -0.3 is 10.1 Å². The van der Waals surface area contributed by atoms with E-state index in [1.165, 1.54) is 15.6 Å². The fraction of sp³-hybridized carbons (Fsp3) is 0.389. The van der Waals surface area contributed by atoms with Crippen molar-refractivity contribution in [2.45, 2.75) is 24.0 Å². The van der Waals surface area contributed by atoms with Crippen molar-refractivity contribution in [3.05, 3.63) is 41.3 Å². The molecule has 1 aliphatic heterocycles. The predicted octanol–water partition coefficient (Wildman–Crippen LogP) is 3.10. The van der Waals surface area contributed by atoms with E-state index in [9.17, 15) is 13.2 Å². The van der Waals surface area contributed by atoms with E-state index in [0.29, 0.717) is 35.0 Å². The van der Waals surface area contributed by atoms with Crippen molar-refractivity contribution in [2.24, 2.45) is 5.92 Å². The first kappa shape index (κ1) is 18.9. The molecule has 0 aliphatic carbocycles. The number of rotatable bonds is 5. The smallest absolute Gasteiger partial charge is 0.252 e. The van der Waals surface area contributed by atoms with Gasteiger partial charge in [-0.2, -0.15) is 4.31 Å². The van der Waals surface area contributed by atoms with Crippen LogP contribution in [0.2, 0.25) is 0 Å². The third-order valence-corrected chi connectivity index (χ3v) is 7.76. The number of methoxy groups -OCH3 is 1. The quantitative estimate of drug-likeness (QED) is 0.845. The zero-order chi connectivity index (χ0) is 18.7. The van der Waals surface area contributed by atoms with Gasteiger partial charge in [-0.15, -0.1) is 11.3 Å². The van der Waals surface area contributed by atoms with E-state index >= 15 is 0 Å². The van der Waals surface area contributed by atoms with Gasteiger partial charge in [0.25, 0.3) is 10.0 Å². The van der Waals surface area contributed by atoms with Crippen LogP contribution in [0.1, 0.15) is 17.7 Å². The SMILES string of the molecule is COc1ccc(NC(=O)C2CCCN(S(=O)(=O)c3ccc(C)s3)C2)cc1. The van der Waals surface area contributed by atoms with Crippen LogP contribution < -0.4 is 10.1 Å². The summed E-state index contributed by atoms with van der Waals surface area (Å²) in [7, 11) is -1.95. The Balaban J connectivity index is 1.68. The number of hydrogen-bond acceptors (Lipinski definition) is 5. The van der Waals surface area contributed by atoms with Gasteiger partial charge in [-0.3, -0.25) is 4.79 Å². The van der Waals surface area contributed by atoms with E-state index in [0.717, 1.165) is 4.88 Å². The topological polar surface area (TPSA) is 75.7 Å². The van der Waals surface area contributed by atoms with Gasteiger partial charge in [0, 0.05) is 23.7 Å². The van der Waals surface area contributed by atoms with Gasteiger partial charge in [-0.1, -0.05) is 0 Å². The number of nitrogens with zero attached hydrogens (tertiary/aromatic N) is 1. The van der Waals surface area contributed by atoms with Crippen molar-refractivity contribution in [3.63, 3.8) is 0 Å². The summed E-state index contributed by atoms with van der Waals surface area (Å²) in [5.41, 5.74) is 0.671. The van der Waals surface area contributed by atoms with Crippen LogP contribution >= 0.6 is 11.3 Å². The van der Waals surface area contributed by atoms with Crippen LogP contribution in [0.3, 0.4) is 0 Å². The predicted molar refractivity (Wildman–Crippen MR) is 102 cm³/mol. The van der Waals surface area contributed by atoms with Crippen molar-refractivity contribution in [2.75, 3.05) is 25.5 Å². The minimum Gasteiger partial charge on any atom is -0.497 e. The Hall–Kier alpha value is -1.90. The molecule has 2 aromatic rings. The number of amides is 1. The third-order valence-electron chi connectivity index (χ3n) is 4.42. The fourth-order valence-corrected chi connectivity index (χ4v) is 5.93. The zero-order valence-electron chi connectivity index (χ0n) is 14.8. The minimum absolute atomic E-state index is 0.155. The van der Waals surface area contributed by atoms with Gasteiger partial charge in [0.2, 0.25) is 5.91 Å². The largest absolute Gasteiger partial charge is 0.497 e. The van der Waals surface area contributed by atoms with E-state index in [2.05, 4.69) is 5.32 Å². The monoisotopic (exact) mass is 394 g/mol. The first-order valence-corrected chi connectivity index (χ1v) is 10.7. The lowest BCUT2D eigenvalue weighted by atomic mass is 9.99. The highest BCUT2D eigenvalue weighted by Crippen LogP contribution is 2.28. The molecule has 1 aromatic heterocycles. The van der Waals surface area contributed by atoms with Crippen molar-refractivity contribution < 1.29 is 17.9 Å². The van der Waals surface area contributed by atoms with Crippen LogP contribution in [0.25, 0.3) is 0 Å². The van der Waals surface area contributed by atoms with E-state index in [1.54, 1.807) is 43.5 Å². The van der Waals surface area contributed by atoms with Gasteiger partial charge in [-0.25, -0.2) is 8.42 Å². The van der Waals surface area contributed by atoms with Gasteiger partial charge in [0.15, 0.2) is 0 Å². The molecular formula is C18H22N2O4S2. The van der Waals surface area contributed by atoms with Crippen LogP contribution in [0.4, 0.5) is 5.69 Å². The lowest BCUT2D eigenvalue weighted by Crippen LogP contribution is -2.43. The molecule has 1 N–H and O–H groups in total. The molecule has 1 aliphatic rings. The summed E-state index contributed by atoms with van der Waals surface area (Å²) in [6, 6.07) is 10.5. The van der Waals surface area contributed by atoms with Crippen LogP contribution in [-0.2, 0) is 14.8 Å². The molecule has 1 fully saturated rings. The number of carbonyl (C=O) groups excluding carboxylic acids is 1. The van der Waals surface area contributed by atoms with E-state index in [-0.39, 0.29) is 18.4 Å². The number of anilines is 1. The summed E-state index contributed by atoms with van der Waals surface area (Å²) in [6.45, 7) is 2.54. The Labute approximate surface area is 157 Å². The fourth-order valence-electron chi connectivity index (χ4n) is 2.97. The number of benzene rings is 1. The highest BCUT2D eigenvalue weighted by molar-refractivity contribution is 7.91. The second-order valence-electron chi connectivity index (χ2n) is 6.29. The number of piperidine rings is 1. The Bertz CT molecular complexity index is 875. The molecule has 26 heavy (non-hydrogen) atoms. The normalized spacial score (nSPS) is 18.5. The molecule has 1 amide bonds. The van der Waals surface area contributed by atoms with Crippen molar-refractivity contribution in [1.82, 2.24) is 4.31 Å². The lowest BCUT2D eigenvalue weighted by molar-refractivity contribution is -0.120. The second-order valence-corrected chi connectivity index (χ2v) is 9.74. The maximum absolute atomic E-state index is 12.8. The maximum Gasteiger partial charge on any atom is 0.252 e. The summed E-state index contributed by atoms with van der Waals surface area (Å²) in [5, 5.41) is 2.87. The first-order valence-electron chi connectivity index (χ1n) is 8.41. The molecule has 6 nitrogen and oxygen atoms in total. The summed E-state index contributed by atoms with van der Waals surface area (Å²) in [6.07, 6.45) is 1.35. The summed E-state index contributed by atoms with van der Waals surface area (Å²) >= 11 is 1.26. The molecule has 1 saturated heterocycles. The Morgan fingerprint density at radius 2 is 1.96 bits per heavy atom. The van der Waals surface area contributed by atoms with Gasteiger partial charge in [-0.05, 0) is 56.2 Å². The number of thiophene rings is 1. The molecule has 0 bridgehead atoms. The van der Waals surface area contributed by atoms with Crippen molar-refractivity contribution >= 4 is 33.0 Å². The van der Waals surface area contributed by atoms with Crippen molar-refractivity contribution in [1.29, 1.82) is 0 Å². The number of hydrogen-bond donors (Lipinski definition) is 1. The van der Waals surface area contributed by atoms with E-state index in [1.807, 2.05) is 6.92 Å². The summed E-state index contributed by atoms with van der Waals surface area (Å²) in [5.74, 6) is 0.197. The molecule has 0 saturated carbocycles. The second kappa shape index (κ2) is 7.77. The highest BCUT2D eigenvalue weighted by atomic mass is 32.2. The van der Waals surface area contributed by atoms with Crippen LogP contribution in [0.15, 0.2) is 40.6 Å². The molecule has 8 heteroatoms. The van der Waals surface area contributed by atoms with Gasteiger partial charge >= 0.3 is 0 Å². The van der Waals surface area contributed by atoms with Crippen molar-refractivity contribution in [3.8, 4) is 5.75 Å². The summed E-state index contributed by atoms with van der Waals surface area (Å²) < 4.78 is 32.4. The maximum atomic E-state index is 12.8. The van der Waals surface area contributed by atoms with Crippen LogP contribution in [-0.4, -0.2) is 38.8 Å². The molecule has 140 valence electrons. The first-order chi connectivity index (χ1) is 12.4. The standard InChI is InChI=1S/C18H22N2O4S2/c1-13-5-10-17(25-13)26(22,23)20-11-3-4-14(12-20)18(21)19-15-6-8-16(24-2)9-7-15/h5-10,14H,3-4,11-12H2,1-2H3,(H,19,21). The third kappa shape index (κ3) is 4.08. The van der Waals surface area contributed by atoms with Crippen LogP contribution in [0, 0.1) is 12.8 Å². The van der Waals surface area contributed by atoms with E-state index in [4.69, 9.17) is 4.74 Å². The molecule has 1 aromatic carbocycles.